The van der Waals surface area contributed by atoms with Crippen molar-refractivity contribution in [3.05, 3.63) is 12.0 Å². The van der Waals surface area contributed by atoms with Gasteiger partial charge < -0.3 is 20.0 Å². The highest BCUT2D eigenvalue weighted by Gasteiger charge is 2.34. The first-order valence-corrected chi connectivity index (χ1v) is 9.14. The van der Waals surface area contributed by atoms with Crippen molar-refractivity contribution in [2.75, 3.05) is 26.4 Å². The van der Waals surface area contributed by atoms with Gasteiger partial charge in [-0.2, -0.15) is 0 Å². The fraction of sp³-hybridized carbons (Fsp3) is 0.833. The smallest absolute Gasteiger partial charge is 0.246 e. The predicted molar refractivity (Wildman–Crippen MR) is 95.3 cm³/mol. The largest absolute Gasteiger partial charge is 0.396 e. The highest BCUT2D eigenvalue weighted by molar-refractivity contribution is 5.86. The Bertz CT molecular complexity index is 485. The molecule has 7 nitrogen and oxygen atoms in total. The van der Waals surface area contributed by atoms with E-state index < -0.39 is 5.54 Å². The number of amides is 1. The Morgan fingerprint density at radius 1 is 1.32 bits per heavy atom. The zero-order valence-electron chi connectivity index (χ0n) is 15.9. The lowest BCUT2D eigenvalue weighted by Gasteiger charge is -2.27. The van der Waals surface area contributed by atoms with E-state index in [0.29, 0.717) is 11.8 Å². The molecule has 144 valence electrons. The number of hydrogen-bond acceptors (Lipinski definition) is 6. The zero-order chi connectivity index (χ0) is 18.5. The summed E-state index contributed by atoms with van der Waals surface area (Å²) in [6.07, 6.45) is 5.05. The van der Waals surface area contributed by atoms with Crippen LogP contribution in [0.15, 0.2) is 12.0 Å². The number of hydroxylamine groups is 1. The van der Waals surface area contributed by atoms with Gasteiger partial charge in [-0.25, -0.2) is 0 Å². The van der Waals surface area contributed by atoms with Gasteiger partial charge >= 0.3 is 0 Å². The fourth-order valence-electron chi connectivity index (χ4n) is 2.87. The van der Waals surface area contributed by atoms with Crippen LogP contribution in [-0.4, -0.2) is 49.0 Å². The van der Waals surface area contributed by atoms with Gasteiger partial charge in [0.25, 0.3) is 0 Å². The van der Waals surface area contributed by atoms with E-state index in [9.17, 15) is 9.90 Å². The van der Waals surface area contributed by atoms with Crippen molar-refractivity contribution >= 4 is 5.91 Å². The molecule has 1 saturated heterocycles. The number of ether oxygens (including phenoxy) is 1. The molecule has 25 heavy (non-hydrogen) atoms. The maximum Gasteiger partial charge on any atom is 0.246 e. The van der Waals surface area contributed by atoms with Gasteiger partial charge in [0.05, 0.1) is 18.2 Å². The minimum absolute atomic E-state index is 0.0189. The maximum absolute atomic E-state index is 12.5. The SMILES string of the molecule is CC(C)(NCCC1CCOCC1)C(=O)NC1=CC(C(C)(C)CO)NO1. The van der Waals surface area contributed by atoms with Crippen LogP contribution in [0.5, 0.6) is 0 Å². The highest BCUT2D eigenvalue weighted by atomic mass is 16.7. The van der Waals surface area contributed by atoms with Crippen LogP contribution in [0.3, 0.4) is 0 Å². The molecular formula is C18H33N3O4. The topological polar surface area (TPSA) is 91.9 Å². The summed E-state index contributed by atoms with van der Waals surface area (Å²) in [6, 6.07) is -0.155. The molecule has 0 aromatic carbocycles. The van der Waals surface area contributed by atoms with Crippen molar-refractivity contribution in [2.24, 2.45) is 11.3 Å². The summed E-state index contributed by atoms with van der Waals surface area (Å²) in [4.78, 5) is 17.9. The number of aliphatic hydroxyl groups is 1. The third-order valence-corrected chi connectivity index (χ3v) is 5.13. The van der Waals surface area contributed by atoms with E-state index in [2.05, 4.69) is 16.1 Å². The summed E-state index contributed by atoms with van der Waals surface area (Å²) in [7, 11) is 0. The quantitative estimate of drug-likeness (QED) is 0.520. The number of aliphatic hydroxyl groups excluding tert-OH is 1. The second-order valence-electron chi connectivity index (χ2n) is 8.23. The second-order valence-corrected chi connectivity index (χ2v) is 8.23. The Labute approximate surface area is 150 Å². The summed E-state index contributed by atoms with van der Waals surface area (Å²) >= 11 is 0. The van der Waals surface area contributed by atoms with Crippen molar-refractivity contribution in [3.8, 4) is 0 Å². The second kappa shape index (κ2) is 8.49. The van der Waals surface area contributed by atoms with Crippen LogP contribution >= 0.6 is 0 Å². The molecule has 2 aliphatic heterocycles. The molecule has 4 N–H and O–H groups in total. The zero-order valence-corrected chi connectivity index (χ0v) is 15.9. The number of rotatable bonds is 8. The molecular weight excluding hydrogens is 322 g/mol. The molecule has 0 aromatic heterocycles. The Kier molecular flexibility index (Phi) is 6.85. The summed E-state index contributed by atoms with van der Waals surface area (Å²) in [6.45, 7) is 10.1. The van der Waals surface area contributed by atoms with Gasteiger partial charge in [-0.05, 0) is 51.6 Å². The lowest BCUT2D eigenvalue weighted by Crippen LogP contribution is -2.53. The van der Waals surface area contributed by atoms with E-state index in [1.807, 2.05) is 27.7 Å². The van der Waals surface area contributed by atoms with Crippen LogP contribution in [0.2, 0.25) is 0 Å². The van der Waals surface area contributed by atoms with E-state index in [1.165, 1.54) is 0 Å². The molecule has 0 saturated carbocycles. The molecule has 0 bridgehead atoms. The van der Waals surface area contributed by atoms with Crippen LogP contribution < -0.4 is 16.1 Å². The minimum Gasteiger partial charge on any atom is -0.396 e. The summed E-state index contributed by atoms with van der Waals surface area (Å²) in [5.41, 5.74) is 1.78. The number of hydrogen-bond donors (Lipinski definition) is 4. The molecule has 1 amide bonds. The number of carbonyl (C=O) groups excluding carboxylic acids is 1. The van der Waals surface area contributed by atoms with Gasteiger partial charge in [0.2, 0.25) is 11.8 Å². The highest BCUT2D eigenvalue weighted by Crippen LogP contribution is 2.25. The van der Waals surface area contributed by atoms with Gasteiger partial charge in [-0.1, -0.05) is 13.8 Å². The lowest BCUT2D eigenvalue weighted by atomic mass is 9.86. The average Bonchev–Trinajstić information content (AvgIpc) is 3.05. The molecule has 1 atom stereocenters. The van der Waals surface area contributed by atoms with Crippen molar-refractivity contribution in [1.29, 1.82) is 0 Å². The van der Waals surface area contributed by atoms with Crippen LogP contribution in [0, 0.1) is 11.3 Å². The molecule has 2 aliphatic rings. The average molecular weight is 355 g/mol. The normalized spacial score (nSPS) is 22.4. The van der Waals surface area contributed by atoms with Crippen LogP contribution in [0.4, 0.5) is 0 Å². The summed E-state index contributed by atoms with van der Waals surface area (Å²) < 4.78 is 5.37. The van der Waals surface area contributed by atoms with E-state index in [-0.39, 0.29) is 24.0 Å². The molecule has 2 heterocycles. The minimum atomic E-state index is -0.694. The van der Waals surface area contributed by atoms with Crippen molar-refractivity contribution in [3.63, 3.8) is 0 Å². The fourth-order valence-corrected chi connectivity index (χ4v) is 2.87. The van der Waals surface area contributed by atoms with Crippen molar-refractivity contribution in [2.45, 2.75) is 58.5 Å². The summed E-state index contributed by atoms with van der Waals surface area (Å²) in [5.74, 6) is 0.914. The number of carbonyl (C=O) groups is 1. The Morgan fingerprint density at radius 3 is 2.64 bits per heavy atom. The summed E-state index contributed by atoms with van der Waals surface area (Å²) in [5, 5.41) is 15.6. The first-order valence-electron chi connectivity index (χ1n) is 9.14. The van der Waals surface area contributed by atoms with Crippen molar-refractivity contribution in [1.82, 2.24) is 16.1 Å². The van der Waals surface area contributed by atoms with Gasteiger partial charge in [0.1, 0.15) is 0 Å². The van der Waals surface area contributed by atoms with Crippen molar-refractivity contribution < 1.29 is 19.5 Å². The monoisotopic (exact) mass is 355 g/mol. The third kappa shape index (κ3) is 5.67. The van der Waals surface area contributed by atoms with Gasteiger partial charge in [-0.3, -0.25) is 10.1 Å². The third-order valence-electron chi connectivity index (χ3n) is 5.13. The number of nitrogens with one attached hydrogen (secondary N) is 3. The van der Waals surface area contributed by atoms with Crippen LogP contribution in [0.25, 0.3) is 0 Å². The molecule has 1 fully saturated rings. The standard InChI is InChI=1S/C18H33N3O4/c1-17(2,12-22)14-11-15(25-21-14)20-16(23)18(3,4)19-8-5-13-6-9-24-10-7-13/h11,13-14,19,21-22H,5-10,12H2,1-4H3,(H,20,23). The molecule has 0 aliphatic carbocycles. The molecule has 1 unspecified atom stereocenters. The van der Waals surface area contributed by atoms with E-state index in [1.54, 1.807) is 6.08 Å². The molecule has 0 aromatic rings. The first kappa shape index (κ1) is 20.2. The molecule has 7 heteroatoms. The Balaban J connectivity index is 1.79. The van der Waals surface area contributed by atoms with E-state index >= 15 is 0 Å². The molecule has 0 radical (unpaired) electrons. The van der Waals surface area contributed by atoms with Gasteiger partial charge in [-0.15, -0.1) is 5.48 Å². The lowest BCUT2D eigenvalue weighted by molar-refractivity contribution is -0.127. The molecule has 0 spiro atoms. The Morgan fingerprint density at radius 2 is 2.00 bits per heavy atom. The van der Waals surface area contributed by atoms with Gasteiger partial charge in [0.15, 0.2) is 0 Å². The van der Waals surface area contributed by atoms with Gasteiger partial charge in [0, 0.05) is 18.6 Å². The predicted octanol–water partition coefficient (Wildman–Crippen LogP) is 1.05. The maximum atomic E-state index is 12.5. The Hall–Kier alpha value is -1.15. The van der Waals surface area contributed by atoms with E-state index in [0.717, 1.165) is 39.0 Å². The van der Waals surface area contributed by atoms with Crippen LogP contribution in [0.1, 0.15) is 47.0 Å². The van der Waals surface area contributed by atoms with E-state index in [4.69, 9.17) is 9.57 Å². The molecule has 2 rings (SSSR count). The first-order chi connectivity index (χ1) is 11.7. The van der Waals surface area contributed by atoms with Crippen LogP contribution in [-0.2, 0) is 14.4 Å².